The average Bonchev–Trinajstić information content (AvgIpc) is 3.34. The molecular weight excluding hydrogens is 851 g/mol. The third kappa shape index (κ3) is 37.9. The van der Waals surface area contributed by atoms with Crippen LogP contribution in [0.3, 0.4) is 0 Å². The van der Waals surface area contributed by atoms with Gasteiger partial charge in [0, 0.05) is 6.42 Å². The van der Waals surface area contributed by atoms with Crippen molar-refractivity contribution in [3.8, 4) is 0 Å². The number of hydrogen-bond acceptors (Lipinski definition) is 8. The topological polar surface area (TPSA) is 149 Å². The van der Waals surface area contributed by atoms with E-state index in [0.717, 1.165) is 44.9 Å². The van der Waals surface area contributed by atoms with Crippen molar-refractivity contribution in [1.82, 2.24) is 5.32 Å². The van der Waals surface area contributed by atoms with E-state index in [-0.39, 0.29) is 12.5 Å². The fourth-order valence-corrected chi connectivity index (χ4v) is 9.01. The molecule has 0 saturated carbocycles. The highest BCUT2D eigenvalue weighted by Gasteiger charge is 2.44. The number of nitrogens with one attached hydrogen (secondary N) is 1. The monoisotopic (exact) mass is 960 g/mol. The first-order valence-corrected chi connectivity index (χ1v) is 28.9. The van der Waals surface area contributed by atoms with Gasteiger partial charge in [0.15, 0.2) is 6.29 Å². The average molecular weight is 961 g/mol. The molecule has 398 valence electrons. The molecular formula is C59H109NO8. The predicted molar refractivity (Wildman–Crippen MR) is 286 cm³/mol. The second-order valence-corrected chi connectivity index (χ2v) is 20.1. The number of allylic oxidation sites excluding steroid dienone is 7. The highest BCUT2D eigenvalue weighted by Crippen LogP contribution is 2.23. The van der Waals surface area contributed by atoms with Crippen molar-refractivity contribution in [3.05, 3.63) is 48.6 Å². The normalized spacial score (nSPS) is 19.9. The Morgan fingerprint density at radius 1 is 0.485 bits per heavy atom. The minimum absolute atomic E-state index is 0.192. The molecule has 6 N–H and O–H groups in total. The van der Waals surface area contributed by atoms with Crippen molar-refractivity contribution in [2.24, 2.45) is 0 Å². The summed E-state index contributed by atoms with van der Waals surface area (Å²) in [5.74, 6) is -0.192. The van der Waals surface area contributed by atoms with E-state index in [0.29, 0.717) is 6.42 Å². The third-order valence-electron chi connectivity index (χ3n) is 13.6. The zero-order valence-corrected chi connectivity index (χ0v) is 44.1. The van der Waals surface area contributed by atoms with Gasteiger partial charge in [-0.1, -0.05) is 236 Å². The van der Waals surface area contributed by atoms with Crippen LogP contribution in [-0.2, 0) is 14.3 Å². The molecule has 1 rings (SSSR count). The van der Waals surface area contributed by atoms with Crippen LogP contribution >= 0.6 is 0 Å². The lowest BCUT2D eigenvalue weighted by molar-refractivity contribution is -0.302. The van der Waals surface area contributed by atoms with Crippen LogP contribution in [0, 0.1) is 0 Å². The van der Waals surface area contributed by atoms with Crippen molar-refractivity contribution >= 4 is 5.91 Å². The Labute approximate surface area is 418 Å². The van der Waals surface area contributed by atoms with Crippen LogP contribution in [0.15, 0.2) is 48.6 Å². The van der Waals surface area contributed by atoms with Gasteiger partial charge in [-0.25, -0.2) is 0 Å². The molecule has 0 aromatic rings. The van der Waals surface area contributed by atoms with E-state index in [1.807, 2.05) is 6.08 Å². The lowest BCUT2D eigenvalue weighted by Gasteiger charge is -2.40. The minimum Gasteiger partial charge on any atom is -0.394 e. The Bertz CT molecular complexity index is 1210. The first-order chi connectivity index (χ1) is 33.3. The molecule has 1 aliphatic rings. The maximum Gasteiger partial charge on any atom is 0.220 e. The number of rotatable bonds is 49. The van der Waals surface area contributed by atoms with Gasteiger partial charge in [0.2, 0.25) is 5.91 Å². The molecule has 68 heavy (non-hydrogen) atoms. The lowest BCUT2D eigenvalue weighted by Crippen LogP contribution is -2.60. The number of aliphatic hydroxyl groups excluding tert-OH is 5. The molecule has 0 spiro atoms. The number of ether oxygens (including phenoxy) is 2. The Kier molecular flexibility index (Phi) is 46.0. The third-order valence-corrected chi connectivity index (χ3v) is 13.6. The van der Waals surface area contributed by atoms with E-state index >= 15 is 0 Å². The Morgan fingerprint density at radius 3 is 1.24 bits per heavy atom. The molecule has 1 fully saturated rings. The van der Waals surface area contributed by atoms with Crippen molar-refractivity contribution in [3.63, 3.8) is 0 Å². The number of aliphatic hydroxyl groups is 5. The highest BCUT2D eigenvalue weighted by atomic mass is 16.7. The van der Waals surface area contributed by atoms with E-state index < -0.39 is 49.5 Å². The molecule has 1 amide bonds. The van der Waals surface area contributed by atoms with Crippen LogP contribution in [0.2, 0.25) is 0 Å². The largest absolute Gasteiger partial charge is 0.394 e. The summed E-state index contributed by atoms with van der Waals surface area (Å²) in [4.78, 5) is 13.0. The zero-order chi connectivity index (χ0) is 49.4. The SMILES string of the molecule is CCCCCCCCCCCCC/C=C/CC/C=C/CC/C=C/C(O)C(COC1OC(CO)C(O)C(O)C1O)NC(=O)CCCCCCCCCC/C=C\CCCCCCCCCCCCCC. The predicted octanol–water partition coefficient (Wildman–Crippen LogP) is 14.1. The van der Waals surface area contributed by atoms with Gasteiger partial charge < -0.3 is 40.3 Å². The van der Waals surface area contributed by atoms with E-state index in [2.05, 4.69) is 55.6 Å². The van der Waals surface area contributed by atoms with E-state index in [9.17, 15) is 30.3 Å². The molecule has 0 aliphatic carbocycles. The van der Waals surface area contributed by atoms with Gasteiger partial charge in [0.1, 0.15) is 24.4 Å². The van der Waals surface area contributed by atoms with Crippen LogP contribution in [0.25, 0.3) is 0 Å². The molecule has 0 aromatic carbocycles. The molecule has 0 aromatic heterocycles. The molecule has 1 aliphatic heterocycles. The zero-order valence-electron chi connectivity index (χ0n) is 44.1. The second-order valence-electron chi connectivity index (χ2n) is 20.1. The van der Waals surface area contributed by atoms with Gasteiger partial charge in [-0.2, -0.15) is 0 Å². The molecule has 1 saturated heterocycles. The number of hydrogen-bond donors (Lipinski definition) is 6. The van der Waals surface area contributed by atoms with Gasteiger partial charge in [-0.05, 0) is 70.6 Å². The number of amides is 1. The summed E-state index contributed by atoms with van der Waals surface area (Å²) in [6.07, 6.45) is 57.5. The van der Waals surface area contributed by atoms with E-state index in [1.54, 1.807) is 6.08 Å². The number of unbranched alkanes of at least 4 members (excludes halogenated alkanes) is 33. The number of carbonyl (C=O) groups excluding carboxylic acids is 1. The van der Waals surface area contributed by atoms with E-state index in [1.165, 1.54) is 199 Å². The van der Waals surface area contributed by atoms with Gasteiger partial charge in [-0.3, -0.25) is 4.79 Å². The maximum atomic E-state index is 13.0. The molecule has 9 nitrogen and oxygen atoms in total. The summed E-state index contributed by atoms with van der Waals surface area (Å²) >= 11 is 0. The van der Waals surface area contributed by atoms with Crippen molar-refractivity contribution in [2.75, 3.05) is 13.2 Å². The van der Waals surface area contributed by atoms with Crippen molar-refractivity contribution in [1.29, 1.82) is 0 Å². The molecule has 7 atom stereocenters. The van der Waals surface area contributed by atoms with E-state index in [4.69, 9.17) is 9.47 Å². The van der Waals surface area contributed by atoms with Crippen LogP contribution in [0.1, 0.15) is 264 Å². The summed E-state index contributed by atoms with van der Waals surface area (Å²) in [6.45, 7) is 3.78. The molecule has 1 heterocycles. The Hall–Kier alpha value is -1.85. The minimum atomic E-state index is -1.58. The highest BCUT2D eigenvalue weighted by molar-refractivity contribution is 5.76. The number of carbonyl (C=O) groups is 1. The summed E-state index contributed by atoms with van der Waals surface area (Å²) in [5.41, 5.74) is 0. The summed E-state index contributed by atoms with van der Waals surface area (Å²) < 4.78 is 11.3. The Morgan fingerprint density at radius 2 is 0.838 bits per heavy atom. The smallest absolute Gasteiger partial charge is 0.220 e. The van der Waals surface area contributed by atoms with Crippen LogP contribution in [-0.4, -0.2) is 87.5 Å². The summed E-state index contributed by atoms with van der Waals surface area (Å²) in [7, 11) is 0. The summed E-state index contributed by atoms with van der Waals surface area (Å²) in [6, 6.07) is -0.831. The first-order valence-electron chi connectivity index (χ1n) is 28.9. The fraction of sp³-hybridized carbons (Fsp3) is 0.847. The first kappa shape index (κ1) is 64.2. The van der Waals surface area contributed by atoms with Crippen molar-refractivity contribution in [2.45, 2.75) is 307 Å². The standard InChI is InChI=1S/C59H109NO8/c1-3-5-7-9-11-13-15-17-19-21-23-25-26-27-29-31-33-35-37-39-41-43-45-47-49-55(63)60-52(51-67-59-58(66)57(65)56(64)54(50-61)68-59)53(62)48-46-44-42-40-38-36-34-32-30-28-24-22-20-18-16-14-12-10-8-6-4-2/h27,29-30,32,38,40,46,48,52-54,56-59,61-62,64-66H,3-26,28,31,33-37,39,41-45,47,49-51H2,1-2H3,(H,60,63)/b29-27-,32-30+,40-38+,48-46+. The van der Waals surface area contributed by atoms with Crippen molar-refractivity contribution < 1.29 is 39.8 Å². The van der Waals surface area contributed by atoms with Crippen LogP contribution in [0.4, 0.5) is 0 Å². The lowest BCUT2D eigenvalue weighted by atomic mass is 9.99. The molecule has 7 unspecified atom stereocenters. The Balaban J connectivity index is 2.27. The molecule has 9 heteroatoms. The fourth-order valence-electron chi connectivity index (χ4n) is 9.01. The van der Waals surface area contributed by atoms with Gasteiger partial charge in [0.05, 0.1) is 25.4 Å². The van der Waals surface area contributed by atoms with Crippen LogP contribution < -0.4 is 5.32 Å². The molecule has 0 radical (unpaired) electrons. The summed E-state index contributed by atoms with van der Waals surface area (Å²) in [5, 5.41) is 54.5. The van der Waals surface area contributed by atoms with Gasteiger partial charge in [0.25, 0.3) is 0 Å². The maximum absolute atomic E-state index is 13.0. The molecule has 0 bridgehead atoms. The second kappa shape index (κ2) is 48.8. The van der Waals surface area contributed by atoms with Crippen LogP contribution in [0.5, 0.6) is 0 Å². The van der Waals surface area contributed by atoms with Gasteiger partial charge in [-0.15, -0.1) is 0 Å². The van der Waals surface area contributed by atoms with Gasteiger partial charge >= 0.3 is 0 Å². The quantitative estimate of drug-likeness (QED) is 0.0261.